The Morgan fingerprint density at radius 1 is 1.08 bits per heavy atom. The smallest absolute Gasteiger partial charge is 0.250 e. The minimum Gasteiger partial charge on any atom is -0.339 e. The topological polar surface area (TPSA) is 67.2 Å². The summed E-state index contributed by atoms with van der Waals surface area (Å²) >= 11 is 0. The van der Waals surface area contributed by atoms with Gasteiger partial charge in [0, 0.05) is 32.1 Å². The van der Waals surface area contributed by atoms with Gasteiger partial charge in [-0.05, 0) is 53.7 Å². The molecule has 0 saturated carbocycles. The van der Waals surface area contributed by atoms with Crippen LogP contribution in [-0.4, -0.2) is 56.7 Å². The van der Waals surface area contributed by atoms with Gasteiger partial charge in [-0.2, -0.15) is 4.68 Å². The molecule has 1 amide bonds. The number of benzene rings is 1. The maximum Gasteiger partial charge on any atom is 0.250 e. The molecule has 0 N–H and O–H groups in total. The van der Waals surface area contributed by atoms with Crippen molar-refractivity contribution in [2.24, 2.45) is 11.8 Å². The number of rotatable bonds is 2. The molecule has 1 aromatic carbocycles. The highest BCUT2D eigenvalue weighted by atomic mass is 16.2. The Hall–Kier alpha value is -2.44. The van der Waals surface area contributed by atoms with Gasteiger partial charge in [0.15, 0.2) is 0 Å². The highest BCUT2D eigenvalue weighted by molar-refractivity contribution is 5.77. The predicted octanol–water partition coefficient (Wildman–Crippen LogP) is 1.50. The maximum absolute atomic E-state index is 12.3. The first kappa shape index (κ1) is 14.9. The van der Waals surface area contributed by atoms with E-state index in [0.717, 1.165) is 50.5 Å². The second kappa shape index (κ2) is 5.82. The van der Waals surface area contributed by atoms with Crippen molar-refractivity contribution in [1.82, 2.24) is 25.1 Å². The SMILES string of the molecule is O=C1CCC[C@H]2C3CC(CN(c4nnnn4-c4ccccc4)C3)CN12. The Balaban J connectivity index is 1.43. The Bertz CT molecular complexity index is 775. The molecule has 1 aromatic heterocycles. The van der Waals surface area contributed by atoms with E-state index >= 15 is 0 Å². The summed E-state index contributed by atoms with van der Waals surface area (Å²) < 4.78 is 1.82. The van der Waals surface area contributed by atoms with Crippen LogP contribution in [0.4, 0.5) is 5.95 Å². The molecule has 3 atom stereocenters. The molecule has 25 heavy (non-hydrogen) atoms. The molecule has 7 heteroatoms. The molecule has 0 radical (unpaired) electrons. The van der Waals surface area contributed by atoms with Crippen LogP contribution in [0, 0.1) is 11.8 Å². The lowest BCUT2D eigenvalue weighted by molar-refractivity contribution is -0.142. The molecule has 2 aromatic rings. The number of anilines is 1. The molecule has 2 bridgehead atoms. The number of fused-ring (bicyclic) bond motifs is 4. The number of amides is 1. The highest BCUT2D eigenvalue weighted by Crippen LogP contribution is 2.38. The van der Waals surface area contributed by atoms with E-state index in [2.05, 4.69) is 25.3 Å². The molecule has 5 rings (SSSR count). The third kappa shape index (κ3) is 2.49. The molecule has 0 aliphatic carbocycles. The summed E-state index contributed by atoms with van der Waals surface area (Å²) in [5.41, 5.74) is 0.979. The summed E-state index contributed by atoms with van der Waals surface area (Å²) in [6, 6.07) is 10.4. The number of carbonyl (C=O) groups is 1. The van der Waals surface area contributed by atoms with Crippen molar-refractivity contribution in [2.75, 3.05) is 24.5 Å². The molecule has 4 heterocycles. The Kier molecular flexibility index (Phi) is 3.46. The van der Waals surface area contributed by atoms with Crippen molar-refractivity contribution in [3.63, 3.8) is 0 Å². The van der Waals surface area contributed by atoms with Gasteiger partial charge >= 0.3 is 0 Å². The molecule has 2 unspecified atom stereocenters. The molecule has 7 nitrogen and oxygen atoms in total. The summed E-state index contributed by atoms with van der Waals surface area (Å²) in [7, 11) is 0. The number of carbonyl (C=O) groups excluding carboxylic acids is 1. The summed E-state index contributed by atoms with van der Waals surface area (Å²) in [6.45, 7) is 2.74. The third-order valence-electron chi connectivity index (χ3n) is 5.92. The van der Waals surface area contributed by atoms with E-state index in [-0.39, 0.29) is 0 Å². The largest absolute Gasteiger partial charge is 0.339 e. The lowest BCUT2D eigenvalue weighted by atomic mass is 9.76. The molecular formula is C18H22N6O. The zero-order valence-electron chi connectivity index (χ0n) is 14.2. The Morgan fingerprint density at radius 3 is 2.84 bits per heavy atom. The van der Waals surface area contributed by atoms with E-state index in [9.17, 15) is 4.79 Å². The number of hydrogen-bond donors (Lipinski definition) is 0. The number of hydrogen-bond acceptors (Lipinski definition) is 5. The first-order valence-corrected chi connectivity index (χ1v) is 9.18. The number of para-hydroxylation sites is 1. The van der Waals surface area contributed by atoms with Crippen LogP contribution in [0.5, 0.6) is 0 Å². The normalized spacial score (nSPS) is 28.8. The van der Waals surface area contributed by atoms with Crippen molar-refractivity contribution in [3.05, 3.63) is 30.3 Å². The van der Waals surface area contributed by atoms with Gasteiger partial charge in [0.2, 0.25) is 11.9 Å². The molecule has 3 fully saturated rings. The fraction of sp³-hybridized carbons (Fsp3) is 0.556. The van der Waals surface area contributed by atoms with Crippen LogP contribution in [0.3, 0.4) is 0 Å². The van der Waals surface area contributed by atoms with Gasteiger partial charge in [-0.3, -0.25) is 4.79 Å². The third-order valence-corrected chi connectivity index (χ3v) is 5.92. The van der Waals surface area contributed by atoms with Crippen LogP contribution >= 0.6 is 0 Å². The first-order chi connectivity index (χ1) is 12.3. The molecule has 3 aliphatic rings. The van der Waals surface area contributed by atoms with Gasteiger partial charge in [-0.1, -0.05) is 23.3 Å². The maximum atomic E-state index is 12.3. The number of piperidine rings is 3. The van der Waals surface area contributed by atoms with Gasteiger partial charge in [-0.25, -0.2) is 0 Å². The monoisotopic (exact) mass is 338 g/mol. The summed E-state index contributed by atoms with van der Waals surface area (Å²) in [6.07, 6.45) is 4.12. The fourth-order valence-electron chi connectivity index (χ4n) is 4.89. The Labute approximate surface area is 146 Å². The standard InChI is InChI=1S/C18H22N6O/c25-17-8-4-7-16-14-9-13(11-23(16)17)10-22(12-14)18-19-20-21-24(18)15-5-2-1-3-6-15/h1-3,5-6,13-14,16H,4,7-12H2/t13?,14?,16-/m0/s1. The van der Waals surface area contributed by atoms with Crippen LogP contribution < -0.4 is 4.90 Å². The zero-order chi connectivity index (χ0) is 16.8. The van der Waals surface area contributed by atoms with Crippen LogP contribution in [0.25, 0.3) is 5.69 Å². The van der Waals surface area contributed by atoms with E-state index < -0.39 is 0 Å². The number of nitrogens with zero attached hydrogens (tertiary/aromatic N) is 6. The lowest BCUT2D eigenvalue weighted by Gasteiger charge is -2.52. The van der Waals surface area contributed by atoms with Gasteiger partial charge in [0.25, 0.3) is 0 Å². The zero-order valence-corrected chi connectivity index (χ0v) is 14.2. The highest BCUT2D eigenvalue weighted by Gasteiger charge is 2.44. The Morgan fingerprint density at radius 2 is 1.96 bits per heavy atom. The van der Waals surface area contributed by atoms with E-state index in [1.165, 1.54) is 6.42 Å². The van der Waals surface area contributed by atoms with E-state index in [1.807, 2.05) is 35.0 Å². The van der Waals surface area contributed by atoms with Crippen molar-refractivity contribution < 1.29 is 4.79 Å². The molecular weight excluding hydrogens is 316 g/mol. The second-order valence-corrected chi connectivity index (χ2v) is 7.50. The second-order valence-electron chi connectivity index (χ2n) is 7.50. The van der Waals surface area contributed by atoms with E-state index in [0.29, 0.717) is 23.8 Å². The molecule has 0 spiro atoms. The van der Waals surface area contributed by atoms with Crippen LogP contribution in [-0.2, 0) is 4.79 Å². The van der Waals surface area contributed by atoms with Crippen molar-refractivity contribution >= 4 is 11.9 Å². The predicted molar refractivity (Wildman–Crippen MR) is 92.3 cm³/mol. The van der Waals surface area contributed by atoms with Gasteiger partial charge in [-0.15, -0.1) is 0 Å². The van der Waals surface area contributed by atoms with Gasteiger partial charge in [0.1, 0.15) is 0 Å². The van der Waals surface area contributed by atoms with Gasteiger partial charge in [0.05, 0.1) is 5.69 Å². The van der Waals surface area contributed by atoms with E-state index in [1.54, 1.807) is 0 Å². The molecule has 3 saturated heterocycles. The van der Waals surface area contributed by atoms with Crippen LogP contribution in [0.1, 0.15) is 25.7 Å². The van der Waals surface area contributed by atoms with Crippen LogP contribution in [0.2, 0.25) is 0 Å². The minimum atomic E-state index is 0.355. The fourth-order valence-corrected chi connectivity index (χ4v) is 4.89. The van der Waals surface area contributed by atoms with Crippen molar-refractivity contribution in [3.8, 4) is 5.69 Å². The first-order valence-electron chi connectivity index (χ1n) is 9.18. The van der Waals surface area contributed by atoms with E-state index in [4.69, 9.17) is 0 Å². The summed E-state index contributed by atoms with van der Waals surface area (Å²) in [5, 5.41) is 12.4. The molecule has 3 aliphatic heterocycles. The minimum absolute atomic E-state index is 0.355. The van der Waals surface area contributed by atoms with Crippen molar-refractivity contribution in [1.29, 1.82) is 0 Å². The van der Waals surface area contributed by atoms with Crippen LogP contribution in [0.15, 0.2) is 30.3 Å². The van der Waals surface area contributed by atoms with Crippen molar-refractivity contribution in [2.45, 2.75) is 31.7 Å². The lowest BCUT2D eigenvalue weighted by Crippen LogP contribution is -2.60. The summed E-state index contributed by atoms with van der Waals surface area (Å²) in [5.74, 6) is 2.21. The number of tetrazole rings is 1. The average Bonchev–Trinajstić information content (AvgIpc) is 3.13. The molecule has 130 valence electrons. The summed E-state index contributed by atoms with van der Waals surface area (Å²) in [4.78, 5) is 16.8. The number of aromatic nitrogens is 4. The van der Waals surface area contributed by atoms with Gasteiger partial charge < -0.3 is 9.80 Å². The quantitative estimate of drug-likeness (QED) is 0.830. The average molecular weight is 338 g/mol.